The molecule has 0 atom stereocenters. The second-order valence-corrected chi connectivity index (χ2v) is 5.62. The van der Waals surface area contributed by atoms with E-state index in [0.717, 1.165) is 48.1 Å². The number of anilines is 2. The monoisotopic (exact) mass is 334 g/mol. The first-order chi connectivity index (χ1) is 9.72. The average Bonchev–Trinajstić information content (AvgIpc) is 2.49. The smallest absolute Gasteiger partial charge is 0.225 e. The minimum atomic E-state index is 0.780. The third-order valence-corrected chi connectivity index (χ3v) is 3.69. The van der Waals surface area contributed by atoms with Gasteiger partial charge in [-0.25, -0.2) is 9.97 Å². The van der Waals surface area contributed by atoms with Crippen LogP contribution >= 0.6 is 15.9 Å². The second kappa shape index (κ2) is 5.70. The number of nitrogens with zero attached hydrogens (tertiary/aromatic N) is 6. The first-order valence-electron chi connectivity index (χ1n) is 6.50. The normalized spacial score (nSPS) is 15.5. The predicted octanol–water partition coefficient (Wildman–Crippen LogP) is 1.66. The van der Waals surface area contributed by atoms with E-state index < -0.39 is 0 Å². The Hall–Kier alpha value is -1.76. The first kappa shape index (κ1) is 13.2. The van der Waals surface area contributed by atoms with Crippen LogP contribution in [-0.2, 0) is 0 Å². The maximum absolute atomic E-state index is 4.33. The van der Waals surface area contributed by atoms with Crippen molar-refractivity contribution in [2.75, 3.05) is 36.0 Å². The molecule has 0 unspecified atom stereocenters. The van der Waals surface area contributed by atoms with E-state index in [-0.39, 0.29) is 0 Å². The van der Waals surface area contributed by atoms with Crippen LogP contribution in [0.4, 0.5) is 11.8 Å². The van der Waals surface area contributed by atoms with E-state index in [1.165, 1.54) is 0 Å². The molecule has 1 aliphatic rings. The molecule has 1 saturated heterocycles. The van der Waals surface area contributed by atoms with Crippen LogP contribution in [0.2, 0.25) is 0 Å². The Labute approximate surface area is 126 Å². The largest absolute Gasteiger partial charge is 0.352 e. The zero-order chi connectivity index (χ0) is 13.9. The highest BCUT2D eigenvalue weighted by molar-refractivity contribution is 9.10. The SMILES string of the molecule is Cc1ccc(N2CCN(c3ncc(Br)cn3)CC2)nn1. The van der Waals surface area contributed by atoms with Gasteiger partial charge < -0.3 is 9.80 Å². The topological polar surface area (TPSA) is 58.0 Å². The van der Waals surface area contributed by atoms with Crippen LogP contribution in [0.3, 0.4) is 0 Å². The summed E-state index contributed by atoms with van der Waals surface area (Å²) in [4.78, 5) is 13.1. The predicted molar refractivity (Wildman–Crippen MR) is 80.9 cm³/mol. The fourth-order valence-corrected chi connectivity index (χ4v) is 2.37. The third-order valence-electron chi connectivity index (χ3n) is 3.28. The van der Waals surface area contributed by atoms with E-state index in [2.05, 4.69) is 45.9 Å². The molecule has 104 valence electrons. The van der Waals surface area contributed by atoms with Crippen LogP contribution in [0.5, 0.6) is 0 Å². The molecular weight excluding hydrogens is 320 g/mol. The Morgan fingerprint density at radius 3 is 2.20 bits per heavy atom. The Morgan fingerprint density at radius 1 is 0.950 bits per heavy atom. The molecule has 0 bridgehead atoms. The van der Waals surface area contributed by atoms with E-state index in [0.29, 0.717) is 0 Å². The molecule has 0 spiro atoms. The van der Waals surface area contributed by atoms with Gasteiger partial charge >= 0.3 is 0 Å². The summed E-state index contributed by atoms with van der Waals surface area (Å²) in [5.41, 5.74) is 0.940. The Kier molecular flexibility index (Phi) is 3.77. The van der Waals surface area contributed by atoms with Crippen LogP contribution < -0.4 is 9.80 Å². The summed E-state index contributed by atoms with van der Waals surface area (Å²) in [6.07, 6.45) is 3.56. The average molecular weight is 335 g/mol. The standard InChI is InChI=1S/C13H15BrN6/c1-10-2-3-12(18-17-10)19-4-6-20(7-5-19)13-15-8-11(14)9-16-13/h2-3,8-9H,4-7H2,1H3. The summed E-state index contributed by atoms with van der Waals surface area (Å²) >= 11 is 3.35. The molecule has 0 aliphatic carbocycles. The van der Waals surface area contributed by atoms with Crippen molar-refractivity contribution in [2.45, 2.75) is 6.92 Å². The Bertz CT molecular complexity index is 509. The lowest BCUT2D eigenvalue weighted by molar-refractivity contribution is 0.630. The van der Waals surface area contributed by atoms with Crippen LogP contribution in [0.15, 0.2) is 29.0 Å². The molecule has 2 aromatic rings. The molecule has 0 saturated carbocycles. The number of piperazine rings is 1. The van der Waals surface area contributed by atoms with Gasteiger partial charge in [0.15, 0.2) is 5.82 Å². The second-order valence-electron chi connectivity index (χ2n) is 4.71. The minimum absolute atomic E-state index is 0.780. The molecule has 0 N–H and O–H groups in total. The maximum Gasteiger partial charge on any atom is 0.225 e. The quantitative estimate of drug-likeness (QED) is 0.832. The molecule has 3 heterocycles. The maximum atomic E-state index is 4.33. The van der Waals surface area contributed by atoms with Gasteiger partial charge in [0.2, 0.25) is 5.95 Å². The number of aromatic nitrogens is 4. The van der Waals surface area contributed by atoms with E-state index in [4.69, 9.17) is 0 Å². The molecule has 3 rings (SSSR count). The van der Waals surface area contributed by atoms with E-state index in [1.54, 1.807) is 12.4 Å². The number of hydrogen-bond acceptors (Lipinski definition) is 6. The van der Waals surface area contributed by atoms with Gasteiger partial charge in [-0.3, -0.25) is 0 Å². The summed E-state index contributed by atoms with van der Waals surface area (Å²) < 4.78 is 0.898. The molecule has 1 aliphatic heterocycles. The van der Waals surface area contributed by atoms with Crippen LogP contribution in [-0.4, -0.2) is 46.3 Å². The molecule has 0 radical (unpaired) electrons. The van der Waals surface area contributed by atoms with Gasteiger partial charge in [-0.2, -0.15) is 5.10 Å². The van der Waals surface area contributed by atoms with Gasteiger partial charge in [-0.05, 0) is 35.0 Å². The highest BCUT2D eigenvalue weighted by Crippen LogP contribution is 2.16. The van der Waals surface area contributed by atoms with E-state index >= 15 is 0 Å². The highest BCUT2D eigenvalue weighted by Gasteiger charge is 2.19. The highest BCUT2D eigenvalue weighted by atomic mass is 79.9. The zero-order valence-electron chi connectivity index (χ0n) is 11.2. The minimum Gasteiger partial charge on any atom is -0.352 e. The van der Waals surface area contributed by atoms with Crippen molar-refractivity contribution in [1.29, 1.82) is 0 Å². The van der Waals surface area contributed by atoms with Crippen molar-refractivity contribution in [3.8, 4) is 0 Å². The van der Waals surface area contributed by atoms with Crippen LogP contribution in [0.1, 0.15) is 5.69 Å². The Balaban J connectivity index is 1.64. The van der Waals surface area contributed by atoms with Crippen LogP contribution in [0.25, 0.3) is 0 Å². The van der Waals surface area contributed by atoms with E-state index in [1.807, 2.05) is 19.1 Å². The van der Waals surface area contributed by atoms with Gasteiger partial charge in [0.25, 0.3) is 0 Å². The lowest BCUT2D eigenvalue weighted by Crippen LogP contribution is -2.47. The fourth-order valence-electron chi connectivity index (χ4n) is 2.16. The molecule has 7 heteroatoms. The Morgan fingerprint density at radius 2 is 1.60 bits per heavy atom. The van der Waals surface area contributed by atoms with Gasteiger partial charge in [0, 0.05) is 38.6 Å². The van der Waals surface area contributed by atoms with Crippen molar-refractivity contribution in [3.63, 3.8) is 0 Å². The lowest BCUT2D eigenvalue weighted by atomic mass is 10.3. The van der Waals surface area contributed by atoms with Crippen molar-refractivity contribution < 1.29 is 0 Å². The molecule has 20 heavy (non-hydrogen) atoms. The third kappa shape index (κ3) is 2.87. The summed E-state index contributed by atoms with van der Waals surface area (Å²) in [5.74, 6) is 1.72. The lowest BCUT2D eigenvalue weighted by Gasteiger charge is -2.35. The molecule has 2 aromatic heterocycles. The van der Waals surface area contributed by atoms with Crippen molar-refractivity contribution in [2.24, 2.45) is 0 Å². The molecule has 6 nitrogen and oxygen atoms in total. The van der Waals surface area contributed by atoms with Crippen molar-refractivity contribution >= 4 is 27.7 Å². The van der Waals surface area contributed by atoms with Gasteiger partial charge in [-0.1, -0.05) is 0 Å². The molecule has 0 aromatic carbocycles. The number of aryl methyl sites for hydroxylation is 1. The van der Waals surface area contributed by atoms with Gasteiger partial charge in [0.1, 0.15) is 0 Å². The van der Waals surface area contributed by atoms with Gasteiger partial charge in [-0.15, -0.1) is 5.10 Å². The first-order valence-corrected chi connectivity index (χ1v) is 7.29. The number of rotatable bonds is 2. The zero-order valence-corrected chi connectivity index (χ0v) is 12.8. The van der Waals surface area contributed by atoms with Gasteiger partial charge in [0.05, 0.1) is 10.2 Å². The summed E-state index contributed by atoms with van der Waals surface area (Å²) in [6, 6.07) is 4.01. The molecular formula is C13H15BrN6. The van der Waals surface area contributed by atoms with Crippen molar-refractivity contribution in [3.05, 3.63) is 34.7 Å². The molecule has 0 amide bonds. The fraction of sp³-hybridized carbons (Fsp3) is 0.385. The van der Waals surface area contributed by atoms with Crippen molar-refractivity contribution in [1.82, 2.24) is 20.2 Å². The van der Waals surface area contributed by atoms with Crippen LogP contribution in [0, 0.1) is 6.92 Å². The molecule has 1 fully saturated rings. The summed E-state index contributed by atoms with van der Waals surface area (Å²) in [5, 5.41) is 8.34. The summed E-state index contributed by atoms with van der Waals surface area (Å²) in [7, 11) is 0. The number of halogens is 1. The number of hydrogen-bond donors (Lipinski definition) is 0. The van der Waals surface area contributed by atoms with E-state index in [9.17, 15) is 0 Å². The summed E-state index contributed by atoms with van der Waals surface area (Å²) in [6.45, 7) is 5.52.